The lowest BCUT2D eigenvalue weighted by Crippen LogP contribution is -2.57. The minimum atomic E-state index is -1.19. The summed E-state index contributed by atoms with van der Waals surface area (Å²) in [4.78, 5) is 53.8. The van der Waals surface area contributed by atoms with Crippen LogP contribution in [0.5, 0.6) is 0 Å². The molecular weight excluding hydrogens is 518 g/mol. The number of imide groups is 1. The van der Waals surface area contributed by atoms with Crippen LogP contribution in [0.25, 0.3) is 11.1 Å². The Bertz CT molecular complexity index is 1610. The van der Waals surface area contributed by atoms with E-state index in [-0.39, 0.29) is 17.3 Å². The van der Waals surface area contributed by atoms with Gasteiger partial charge in [-0.1, -0.05) is 48.5 Å². The summed E-state index contributed by atoms with van der Waals surface area (Å²) < 4.78 is 0. The number of likely N-dealkylation sites (tertiary alicyclic amines) is 1. The number of aromatic carboxylic acids is 1. The molecule has 1 spiro atoms. The van der Waals surface area contributed by atoms with Crippen LogP contribution in [0.2, 0.25) is 0 Å². The second kappa shape index (κ2) is 10.6. The standard InChI is InChI=1S/C32H29N5O4/c1-22-6-5-16-33-27(22)21-35-18-14-32(15-19-35)30(40)36(26-11-9-24(10-12-26)23-7-3-2-4-8-23)31(41)37(32)28-20-25(29(38)39)13-17-34-28/h2-13,16-17,20H,14-15,18-19,21H2,1H3,(H,38,39). The first-order chi connectivity index (χ1) is 19.9. The average Bonchev–Trinajstić information content (AvgIpc) is 3.21. The van der Waals surface area contributed by atoms with Crippen molar-refractivity contribution in [1.29, 1.82) is 0 Å². The number of aromatic nitrogens is 2. The fraction of sp³-hybridized carbons (Fsp3) is 0.219. The Morgan fingerprint density at radius 2 is 1.59 bits per heavy atom. The number of carbonyl (C=O) groups excluding carboxylic acids is 2. The number of pyridine rings is 2. The lowest BCUT2D eigenvalue weighted by Gasteiger charge is -2.41. The van der Waals surface area contributed by atoms with Crippen molar-refractivity contribution in [1.82, 2.24) is 14.9 Å². The van der Waals surface area contributed by atoms with Crippen molar-refractivity contribution < 1.29 is 19.5 Å². The fourth-order valence-corrected chi connectivity index (χ4v) is 5.74. The van der Waals surface area contributed by atoms with Crippen molar-refractivity contribution in [2.75, 3.05) is 22.9 Å². The third-order valence-corrected chi connectivity index (χ3v) is 8.04. The highest BCUT2D eigenvalue weighted by atomic mass is 16.4. The number of urea groups is 1. The summed E-state index contributed by atoms with van der Waals surface area (Å²) in [6.07, 6.45) is 3.89. The van der Waals surface area contributed by atoms with Gasteiger partial charge < -0.3 is 5.11 Å². The van der Waals surface area contributed by atoms with Crippen LogP contribution in [0.4, 0.5) is 16.3 Å². The summed E-state index contributed by atoms with van der Waals surface area (Å²) in [6.45, 7) is 3.79. The number of hydrogen-bond donors (Lipinski definition) is 1. The first kappa shape index (κ1) is 26.3. The van der Waals surface area contributed by atoms with E-state index in [1.54, 1.807) is 18.3 Å². The van der Waals surface area contributed by atoms with E-state index in [0.29, 0.717) is 38.2 Å². The Labute approximate surface area is 237 Å². The van der Waals surface area contributed by atoms with Crippen LogP contribution in [0.1, 0.15) is 34.5 Å². The minimum Gasteiger partial charge on any atom is -0.478 e. The Balaban J connectivity index is 1.34. The topological polar surface area (TPSA) is 107 Å². The number of carboxylic acids is 1. The average molecular weight is 548 g/mol. The van der Waals surface area contributed by atoms with E-state index >= 15 is 0 Å². The number of piperidine rings is 1. The monoisotopic (exact) mass is 547 g/mol. The molecule has 0 unspecified atom stereocenters. The second-order valence-corrected chi connectivity index (χ2v) is 10.5. The first-order valence-electron chi connectivity index (χ1n) is 13.5. The van der Waals surface area contributed by atoms with Crippen molar-refractivity contribution in [2.24, 2.45) is 0 Å². The first-order valence-corrected chi connectivity index (χ1v) is 13.5. The lowest BCUT2D eigenvalue weighted by molar-refractivity contribution is -0.123. The molecule has 206 valence electrons. The van der Waals surface area contributed by atoms with Gasteiger partial charge in [-0.05, 0) is 66.8 Å². The van der Waals surface area contributed by atoms with Gasteiger partial charge in [0.05, 0.1) is 16.9 Å². The molecule has 2 aromatic carbocycles. The summed E-state index contributed by atoms with van der Waals surface area (Å²) in [5, 5.41) is 9.60. The zero-order valence-corrected chi connectivity index (χ0v) is 22.6. The van der Waals surface area contributed by atoms with Gasteiger partial charge in [0, 0.05) is 32.0 Å². The minimum absolute atomic E-state index is 0.000809. The molecule has 2 aliphatic heterocycles. The summed E-state index contributed by atoms with van der Waals surface area (Å²) in [7, 11) is 0. The molecule has 1 N–H and O–H groups in total. The molecule has 0 saturated carbocycles. The highest BCUT2D eigenvalue weighted by molar-refractivity contribution is 6.30. The fourth-order valence-electron chi connectivity index (χ4n) is 5.74. The second-order valence-electron chi connectivity index (χ2n) is 10.5. The van der Waals surface area contributed by atoms with Gasteiger partial charge in [-0.2, -0.15) is 0 Å². The zero-order chi connectivity index (χ0) is 28.6. The summed E-state index contributed by atoms with van der Waals surface area (Å²) in [5.74, 6) is -1.30. The Hall–Kier alpha value is -4.89. The summed E-state index contributed by atoms with van der Waals surface area (Å²) >= 11 is 0. The van der Waals surface area contributed by atoms with Crippen LogP contribution in [0.3, 0.4) is 0 Å². The van der Waals surface area contributed by atoms with E-state index < -0.39 is 17.5 Å². The highest BCUT2D eigenvalue weighted by Crippen LogP contribution is 2.42. The maximum absolute atomic E-state index is 14.3. The number of anilines is 2. The number of rotatable bonds is 6. The molecule has 4 heterocycles. The zero-order valence-electron chi connectivity index (χ0n) is 22.6. The summed E-state index contributed by atoms with van der Waals surface area (Å²) in [6, 6.07) is 23.3. The molecule has 41 heavy (non-hydrogen) atoms. The molecule has 0 bridgehead atoms. The van der Waals surface area contributed by atoms with Crippen LogP contribution in [0.15, 0.2) is 91.3 Å². The van der Waals surface area contributed by atoms with E-state index in [9.17, 15) is 19.5 Å². The number of hydrogen-bond acceptors (Lipinski definition) is 6. The molecule has 2 fully saturated rings. The molecule has 0 atom stereocenters. The smallest absolute Gasteiger partial charge is 0.338 e. The third-order valence-electron chi connectivity index (χ3n) is 8.04. The van der Waals surface area contributed by atoms with Gasteiger partial charge >= 0.3 is 12.0 Å². The van der Waals surface area contributed by atoms with E-state index in [1.807, 2.05) is 61.5 Å². The Morgan fingerprint density at radius 1 is 0.878 bits per heavy atom. The maximum Gasteiger partial charge on any atom is 0.338 e. The van der Waals surface area contributed by atoms with Crippen LogP contribution >= 0.6 is 0 Å². The van der Waals surface area contributed by atoms with Gasteiger partial charge in [-0.3, -0.25) is 19.6 Å². The van der Waals surface area contributed by atoms with Gasteiger partial charge in [-0.15, -0.1) is 0 Å². The highest BCUT2D eigenvalue weighted by Gasteiger charge is 2.59. The molecule has 9 heteroatoms. The van der Waals surface area contributed by atoms with Crippen molar-refractivity contribution in [2.45, 2.75) is 31.8 Å². The Morgan fingerprint density at radius 3 is 2.27 bits per heavy atom. The van der Waals surface area contributed by atoms with Crippen LogP contribution in [-0.4, -0.2) is 56.5 Å². The van der Waals surface area contributed by atoms with Crippen molar-refractivity contribution >= 4 is 29.4 Å². The number of carboxylic acid groups (broad SMARTS) is 1. The largest absolute Gasteiger partial charge is 0.478 e. The molecule has 3 amide bonds. The number of carbonyl (C=O) groups is 3. The van der Waals surface area contributed by atoms with Crippen LogP contribution in [0, 0.1) is 6.92 Å². The van der Waals surface area contributed by atoms with Crippen LogP contribution in [-0.2, 0) is 11.3 Å². The summed E-state index contributed by atoms with van der Waals surface area (Å²) in [5.41, 5.74) is 3.35. The number of benzene rings is 2. The molecular formula is C32H29N5O4. The van der Waals surface area contributed by atoms with E-state index in [0.717, 1.165) is 22.4 Å². The van der Waals surface area contributed by atoms with Gasteiger partial charge in [0.1, 0.15) is 11.4 Å². The molecule has 0 radical (unpaired) electrons. The normalized spacial score (nSPS) is 16.9. The molecule has 2 aliphatic rings. The molecule has 2 aromatic heterocycles. The molecule has 9 nitrogen and oxygen atoms in total. The Kier molecular flexibility index (Phi) is 6.80. The predicted octanol–water partition coefficient (Wildman–Crippen LogP) is 5.16. The SMILES string of the molecule is Cc1cccnc1CN1CCC2(CC1)C(=O)N(c1ccc(-c3ccccc3)cc1)C(=O)N2c1cc(C(=O)O)ccn1. The van der Waals surface area contributed by atoms with Gasteiger partial charge in [0.25, 0.3) is 5.91 Å². The number of nitrogens with zero attached hydrogens (tertiary/aromatic N) is 5. The predicted molar refractivity (Wildman–Crippen MR) is 155 cm³/mol. The van der Waals surface area contributed by atoms with Crippen molar-refractivity contribution in [3.8, 4) is 11.1 Å². The van der Waals surface area contributed by atoms with Crippen LogP contribution < -0.4 is 9.80 Å². The quantitative estimate of drug-likeness (QED) is 0.332. The third kappa shape index (κ3) is 4.74. The van der Waals surface area contributed by atoms with Gasteiger partial charge in [0.15, 0.2) is 0 Å². The van der Waals surface area contributed by atoms with Gasteiger partial charge in [0.2, 0.25) is 0 Å². The van der Waals surface area contributed by atoms with E-state index in [2.05, 4.69) is 14.9 Å². The molecule has 4 aromatic rings. The number of aryl methyl sites for hydroxylation is 1. The lowest BCUT2D eigenvalue weighted by atomic mass is 9.85. The van der Waals surface area contributed by atoms with Crippen molar-refractivity contribution in [3.63, 3.8) is 0 Å². The molecule has 6 rings (SSSR count). The van der Waals surface area contributed by atoms with E-state index in [1.165, 1.54) is 28.1 Å². The number of amides is 3. The molecule has 2 saturated heterocycles. The molecule has 0 aliphatic carbocycles. The van der Waals surface area contributed by atoms with E-state index in [4.69, 9.17) is 0 Å². The maximum atomic E-state index is 14.3. The van der Waals surface area contributed by atoms with Gasteiger partial charge in [-0.25, -0.2) is 19.5 Å². The van der Waals surface area contributed by atoms with Crippen molar-refractivity contribution in [3.05, 3.63) is 108 Å².